The molecule has 1 aliphatic rings. The van der Waals surface area contributed by atoms with E-state index in [0.29, 0.717) is 5.82 Å². The smallest absolute Gasteiger partial charge is 0.342 e. The van der Waals surface area contributed by atoms with Crippen LogP contribution in [0.25, 0.3) is 0 Å². The van der Waals surface area contributed by atoms with E-state index in [9.17, 15) is 18.0 Å². The number of aromatic nitrogens is 3. The number of halogens is 3. The number of hydrogen-bond donors (Lipinski definition) is 1. The predicted octanol–water partition coefficient (Wildman–Crippen LogP) is 2.73. The number of fused-ring (bicyclic) bond motifs is 1. The topological polar surface area (TPSA) is 59.8 Å². The maximum atomic E-state index is 12.5. The van der Waals surface area contributed by atoms with E-state index in [1.807, 2.05) is 4.57 Å². The third-order valence-corrected chi connectivity index (χ3v) is 3.85. The number of carbonyl (C=O) groups excluding carboxylic acids is 1. The SMILES string of the molecule is CC(NC(=O)c1ccc(C(F)(F)F)cc1)c1nnc2n1CCC2. The summed E-state index contributed by atoms with van der Waals surface area (Å²) in [5.74, 6) is 1.12. The first-order valence-corrected chi connectivity index (χ1v) is 7.26. The van der Waals surface area contributed by atoms with Crippen LogP contribution >= 0.6 is 0 Å². The molecule has 2 aromatic rings. The van der Waals surface area contributed by atoms with Gasteiger partial charge in [0.1, 0.15) is 5.82 Å². The molecule has 8 heteroatoms. The van der Waals surface area contributed by atoms with Gasteiger partial charge in [-0.15, -0.1) is 10.2 Å². The van der Waals surface area contributed by atoms with E-state index >= 15 is 0 Å². The van der Waals surface area contributed by atoms with Gasteiger partial charge >= 0.3 is 6.18 Å². The Labute approximate surface area is 130 Å². The van der Waals surface area contributed by atoms with Crippen LogP contribution < -0.4 is 5.32 Å². The quantitative estimate of drug-likeness (QED) is 0.944. The van der Waals surface area contributed by atoms with Crippen molar-refractivity contribution in [2.75, 3.05) is 0 Å². The highest BCUT2D eigenvalue weighted by Crippen LogP contribution is 2.29. The van der Waals surface area contributed by atoms with Gasteiger partial charge in [-0.25, -0.2) is 0 Å². The number of aryl methyl sites for hydroxylation is 1. The lowest BCUT2D eigenvalue weighted by atomic mass is 10.1. The van der Waals surface area contributed by atoms with Crippen LogP contribution in [-0.4, -0.2) is 20.7 Å². The van der Waals surface area contributed by atoms with E-state index in [4.69, 9.17) is 0 Å². The fraction of sp³-hybridized carbons (Fsp3) is 0.400. The molecule has 0 bridgehead atoms. The number of benzene rings is 1. The summed E-state index contributed by atoms with van der Waals surface area (Å²) in [4.78, 5) is 12.2. The normalized spacial score (nSPS) is 15.3. The van der Waals surface area contributed by atoms with Crippen molar-refractivity contribution in [1.82, 2.24) is 20.1 Å². The largest absolute Gasteiger partial charge is 0.416 e. The van der Waals surface area contributed by atoms with Crippen molar-refractivity contribution in [2.24, 2.45) is 0 Å². The van der Waals surface area contributed by atoms with E-state index in [2.05, 4.69) is 15.5 Å². The first-order chi connectivity index (χ1) is 10.9. The Kier molecular flexibility index (Phi) is 3.83. The molecular formula is C15H15F3N4O. The summed E-state index contributed by atoms with van der Waals surface area (Å²) >= 11 is 0. The highest BCUT2D eigenvalue weighted by molar-refractivity contribution is 5.94. The van der Waals surface area contributed by atoms with Gasteiger partial charge in [0.2, 0.25) is 0 Å². The fourth-order valence-corrected chi connectivity index (χ4v) is 2.65. The molecule has 1 aromatic heterocycles. The van der Waals surface area contributed by atoms with Crippen LogP contribution in [0.2, 0.25) is 0 Å². The number of alkyl halides is 3. The van der Waals surface area contributed by atoms with Crippen molar-refractivity contribution in [3.8, 4) is 0 Å². The van der Waals surface area contributed by atoms with E-state index in [1.54, 1.807) is 6.92 Å². The number of nitrogens with one attached hydrogen (secondary N) is 1. The molecule has 0 radical (unpaired) electrons. The van der Waals surface area contributed by atoms with Crippen LogP contribution in [-0.2, 0) is 19.1 Å². The molecule has 1 amide bonds. The van der Waals surface area contributed by atoms with Gasteiger partial charge in [0.15, 0.2) is 5.82 Å². The van der Waals surface area contributed by atoms with Crippen LogP contribution in [0, 0.1) is 0 Å². The van der Waals surface area contributed by atoms with Crippen molar-refractivity contribution < 1.29 is 18.0 Å². The predicted molar refractivity (Wildman–Crippen MR) is 75.7 cm³/mol. The van der Waals surface area contributed by atoms with Crippen LogP contribution in [0.5, 0.6) is 0 Å². The van der Waals surface area contributed by atoms with Gasteiger partial charge in [-0.2, -0.15) is 13.2 Å². The van der Waals surface area contributed by atoms with E-state index in [1.165, 1.54) is 12.1 Å². The molecule has 1 unspecified atom stereocenters. The number of hydrogen-bond acceptors (Lipinski definition) is 3. The monoisotopic (exact) mass is 324 g/mol. The van der Waals surface area contributed by atoms with Crippen molar-refractivity contribution in [3.05, 3.63) is 47.0 Å². The van der Waals surface area contributed by atoms with Gasteiger partial charge in [-0.1, -0.05) is 0 Å². The molecule has 0 saturated carbocycles. The molecule has 5 nitrogen and oxygen atoms in total. The molecule has 1 N–H and O–H groups in total. The van der Waals surface area contributed by atoms with Gasteiger partial charge in [-0.05, 0) is 37.6 Å². The lowest BCUT2D eigenvalue weighted by Crippen LogP contribution is -2.28. The molecule has 23 heavy (non-hydrogen) atoms. The third kappa shape index (κ3) is 3.06. The number of nitrogens with zero attached hydrogens (tertiary/aromatic N) is 3. The van der Waals surface area contributed by atoms with Crippen molar-refractivity contribution in [3.63, 3.8) is 0 Å². The van der Waals surface area contributed by atoms with Crippen molar-refractivity contribution in [1.29, 1.82) is 0 Å². The summed E-state index contributed by atoms with van der Waals surface area (Å²) in [5, 5.41) is 10.9. The minimum absolute atomic E-state index is 0.172. The van der Waals surface area contributed by atoms with E-state index in [-0.39, 0.29) is 11.6 Å². The molecule has 122 valence electrons. The first-order valence-electron chi connectivity index (χ1n) is 7.26. The van der Waals surface area contributed by atoms with E-state index in [0.717, 1.165) is 37.3 Å². The Bertz CT molecular complexity index is 721. The first kappa shape index (κ1) is 15.5. The van der Waals surface area contributed by atoms with Gasteiger partial charge in [0.05, 0.1) is 11.6 Å². The minimum atomic E-state index is -4.41. The van der Waals surface area contributed by atoms with Crippen molar-refractivity contribution >= 4 is 5.91 Å². The highest BCUT2D eigenvalue weighted by Gasteiger charge is 2.30. The molecular weight excluding hydrogens is 309 g/mol. The lowest BCUT2D eigenvalue weighted by molar-refractivity contribution is -0.137. The summed E-state index contributed by atoms with van der Waals surface area (Å²) in [6.07, 6.45) is -2.55. The standard InChI is InChI=1S/C15H15F3N4O/c1-9(13-21-20-12-3-2-8-22(12)13)19-14(23)10-4-6-11(7-5-10)15(16,17)18/h4-7,9H,2-3,8H2,1H3,(H,19,23). The van der Waals surface area contributed by atoms with Gasteiger partial charge in [0.25, 0.3) is 5.91 Å². The van der Waals surface area contributed by atoms with Crippen LogP contribution in [0.3, 0.4) is 0 Å². The number of rotatable bonds is 3. The van der Waals surface area contributed by atoms with Gasteiger partial charge in [0, 0.05) is 18.5 Å². The molecule has 0 spiro atoms. The zero-order valence-electron chi connectivity index (χ0n) is 12.4. The van der Waals surface area contributed by atoms with Crippen molar-refractivity contribution in [2.45, 2.75) is 38.5 Å². The highest BCUT2D eigenvalue weighted by atomic mass is 19.4. The number of carbonyl (C=O) groups is 1. The molecule has 0 saturated heterocycles. The van der Waals surface area contributed by atoms with E-state index < -0.39 is 17.6 Å². The lowest BCUT2D eigenvalue weighted by Gasteiger charge is -2.14. The molecule has 1 aromatic carbocycles. The Morgan fingerprint density at radius 1 is 1.26 bits per heavy atom. The molecule has 0 fully saturated rings. The number of amides is 1. The second kappa shape index (κ2) is 5.68. The average Bonchev–Trinajstić information content (AvgIpc) is 3.09. The van der Waals surface area contributed by atoms with Crippen LogP contribution in [0.15, 0.2) is 24.3 Å². The summed E-state index contributed by atoms with van der Waals surface area (Å²) in [6, 6.07) is 3.75. The second-order valence-corrected chi connectivity index (χ2v) is 5.50. The third-order valence-electron chi connectivity index (χ3n) is 3.85. The fourth-order valence-electron chi connectivity index (χ4n) is 2.65. The van der Waals surface area contributed by atoms with Crippen LogP contribution in [0.4, 0.5) is 13.2 Å². The van der Waals surface area contributed by atoms with Gasteiger partial charge in [-0.3, -0.25) is 4.79 Å². The maximum Gasteiger partial charge on any atom is 0.416 e. The Balaban J connectivity index is 1.71. The summed E-state index contributed by atoms with van der Waals surface area (Å²) < 4.78 is 39.5. The Hall–Kier alpha value is -2.38. The second-order valence-electron chi connectivity index (χ2n) is 5.50. The van der Waals surface area contributed by atoms with Crippen LogP contribution in [0.1, 0.15) is 47.0 Å². The zero-order valence-corrected chi connectivity index (χ0v) is 12.4. The average molecular weight is 324 g/mol. The molecule has 1 atom stereocenters. The molecule has 2 heterocycles. The Morgan fingerprint density at radius 3 is 2.61 bits per heavy atom. The summed E-state index contributed by atoms with van der Waals surface area (Å²) in [6.45, 7) is 2.59. The van der Waals surface area contributed by atoms with Gasteiger partial charge < -0.3 is 9.88 Å². The minimum Gasteiger partial charge on any atom is -0.342 e. The summed E-state index contributed by atoms with van der Waals surface area (Å²) in [5.41, 5.74) is -0.608. The molecule has 3 rings (SSSR count). The molecule has 0 aliphatic carbocycles. The summed E-state index contributed by atoms with van der Waals surface area (Å²) in [7, 11) is 0. The Morgan fingerprint density at radius 2 is 1.96 bits per heavy atom. The maximum absolute atomic E-state index is 12.5. The molecule has 1 aliphatic heterocycles. The zero-order chi connectivity index (χ0) is 16.6.